The summed E-state index contributed by atoms with van der Waals surface area (Å²) in [6.07, 6.45) is 1.95. The van der Waals surface area contributed by atoms with Crippen LogP contribution < -0.4 is 5.73 Å². The number of amides is 1. The summed E-state index contributed by atoms with van der Waals surface area (Å²) >= 11 is 8.39. The second kappa shape index (κ2) is 6.33. The summed E-state index contributed by atoms with van der Waals surface area (Å²) in [4.78, 5) is 22.4. The van der Waals surface area contributed by atoms with Gasteiger partial charge in [0.2, 0.25) is 5.91 Å². The van der Waals surface area contributed by atoms with Crippen LogP contribution in [0.2, 0.25) is 5.02 Å². The van der Waals surface area contributed by atoms with Crippen LogP contribution in [-0.4, -0.2) is 28.8 Å². The summed E-state index contributed by atoms with van der Waals surface area (Å²) in [5, 5.41) is 0.679. The first-order valence-electron chi connectivity index (χ1n) is 7.33. The lowest BCUT2D eigenvalue weighted by Gasteiger charge is -2.32. The SMILES string of the molecule is CN1C(=O)C[C@@](C)(c2cc(-c3cc(Cl)cc(I)c3)ccn2)N=C1N. The normalized spacial score (nSPS) is 20.9. The Bertz CT molecular complexity index is 834. The Morgan fingerprint density at radius 3 is 2.71 bits per heavy atom. The Morgan fingerprint density at radius 2 is 2.04 bits per heavy atom. The van der Waals surface area contributed by atoms with Gasteiger partial charge in [-0.1, -0.05) is 11.6 Å². The molecule has 2 aromatic rings. The van der Waals surface area contributed by atoms with Crippen molar-refractivity contribution in [3.8, 4) is 11.1 Å². The average Bonchev–Trinajstić information content (AvgIpc) is 2.52. The molecule has 0 saturated heterocycles. The predicted molar refractivity (Wildman–Crippen MR) is 104 cm³/mol. The number of guanidine groups is 1. The summed E-state index contributed by atoms with van der Waals surface area (Å²) in [7, 11) is 1.62. The van der Waals surface area contributed by atoms with Gasteiger partial charge in [-0.15, -0.1) is 0 Å². The molecule has 5 nitrogen and oxygen atoms in total. The lowest BCUT2D eigenvalue weighted by molar-refractivity contribution is -0.128. The van der Waals surface area contributed by atoms with Crippen molar-refractivity contribution in [2.24, 2.45) is 10.7 Å². The molecule has 24 heavy (non-hydrogen) atoms. The van der Waals surface area contributed by atoms with Gasteiger partial charge >= 0.3 is 0 Å². The third kappa shape index (κ3) is 3.25. The summed E-state index contributed by atoms with van der Waals surface area (Å²) in [5.41, 5.74) is 7.79. The first-order valence-corrected chi connectivity index (χ1v) is 8.79. The van der Waals surface area contributed by atoms with Crippen LogP contribution in [0.1, 0.15) is 19.0 Å². The highest BCUT2D eigenvalue weighted by Crippen LogP contribution is 2.34. The molecule has 0 bridgehead atoms. The largest absolute Gasteiger partial charge is 0.369 e. The van der Waals surface area contributed by atoms with Gasteiger partial charge in [-0.25, -0.2) is 4.99 Å². The molecule has 0 spiro atoms. The molecule has 1 aliphatic rings. The molecule has 124 valence electrons. The average molecular weight is 455 g/mol. The minimum absolute atomic E-state index is 0.0745. The number of hydrogen-bond donors (Lipinski definition) is 1. The van der Waals surface area contributed by atoms with Crippen molar-refractivity contribution < 1.29 is 4.79 Å². The molecule has 1 aromatic heterocycles. The van der Waals surface area contributed by atoms with Crippen molar-refractivity contribution in [3.05, 3.63) is 50.8 Å². The lowest BCUT2D eigenvalue weighted by atomic mass is 9.90. The van der Waals surface area contributed by atoms with E-state index in [-0.39, 0.29) is 18.3 Å². The van der Waals surface area contributed by atoms with E-state index in [2.05, 4.69) is 32.6 Å². The number of benzene rings is 1. The highest BCUT2D eigenvalue weighted by Gasteiger charge is 2.37. The monoisotopic (exact) mass is 454 g/mol. The zero-order valence-corrected chi connectivity index (χ0v) is 16.2. The molecule has 1 aromatic carbocycles. The summed E-state index contributed by atoms with van der Waals surface area (Å²) in [6.45, 7) is 1.87. The van der Waals surface area contributed by atoms with E-state index in [0.29, 0.717) is 10.7 Å². The highest BCUT2D eigenvalue weighted by molar-refractivity contribution is 14.1. The number of nitrogens with zero attached hydrogens (tertiary/aromatic N) is 3. The van der Waals surface area contributed by atoms with Crippen LogP contribution in [-0.2, 0) is 10.3 Å². The number of aliphatic imine (C=N–C) groups is 1. The van der Waals surface area contributed by atoms with Gasteiger partial charge in [-0.2, -0.15) is 0 Å². The number of aromatic nitrogens is 1. The fourth-order valence-electron chi connectivity index (χ4n) is 2.68. The summed E-state index contributed by atoms with van der Waals surface area (Å²) in [5.74, 6) is 0.132. The number of rotatable bonds is 2. The van der Waals surface area contributed by atoms with E-state index >= 15 is 0 Å². The van der Waals surface area contributed by atoms with Crippen molar-refractivity contribution in [3.63, 3.8) is 0 Å². The van der Waals surface area contributed by atoms with Crippen LogP contribution in [0.3, 0.4) is 0 Å². The Hall–Kier alpha value is -1.67. The van der Waals surface area contributed by atoms with Gasteiger partial charge in [0.25, 0.3) is 0 Å². The number of hydrogen-bond acceptors (Lipinski definition) is 4. The van der Waals surface area contributed by atoms with Crippen LogP contribution >= 0.6 is 34.2 Å². The zero-order chi connectivity index (χ0) is 17.5. The molecule has 7 heteroatoms. The summed E-state index contributed by atoms with van der Waals surface area (Å²) < 4.78 is 1.05. The standard InChI is InChI=1S/C17H16ClIN4O/c1-17(9-15(24)23(2)16(20)22-17)14-7-10(3-4-21-14)11-5-12(18)8-13(19)6-11/h3-8H,9H2,1-2H3,(H2,20,22)/t17-/m0/s1. The van der Waals surface area contributed by atoms with Gasteiger partial charge in [-0.05, 0) is 71.0 Å². The topological polar surface area (TPSA) is 71.6 Å². The molecule has 0 radical (unpaired) electrons. The van der Waals surface area contributed by atoms with Crippen LogP contribution in [0.25, 0.3) is 11.1 Å². The van der Waals surface area contributed by atoms with Gasteiger partial charge in [0.15, 0.2) is 5.96 Å². The molecular weight excluding hydrogens is 439 g/mol. The molecule has 0 aliphatic carbocycles. The number of carbonyl (C=O) groups is 1. The van der Waals surface area contributed by atoms with E-state index in [1.54, 1.807) is 13.2 Å². The van der Waals surface area contributed by atoms with Gasteiger partial charge in [0.1, 0.15) is 5.54 Å². The molecule has 2 N–H and O–H groups in total. The smallest absolute Gasteiger partial charge is 0.231 e. The second-order valence-corrected chi connectivity index (χ2v) is 7.64. The lowest BCUT2D eigenvalue weighted by Crippen LogP contribution is -2.47. The van der Waals surface area contributed by atoms with Gasteiger partial charge in [-0.3, -0.25) is 14.7 Å². The Morgan fingerprint density at radius 1 is 1.29 bits per heavy atom. The first kappa shape index (κ1) is 17.2. The van der Waals surface area contributed by atoms with Gasteiger partial charge in [0.05, 0.1) is 12.1 Å². The molecule has 2 heterocycles. The predicted octanol–water partition coefficient (Wildman–Crippen LogP) is 3.40. The van der Waals surface area contributed by atoms with E-state index in [4.69, 9.17) is 17.3 Å². The quantitative estimate of drug-likeness (QED) is 0.707. The minimum atomic E-state index is -0.768. The van der Waals surface area contributed by atoms with Gasteiger partial charge in [0, 0.05) is 21.8 Å². The Labute approximate surface area is 159 Å². The van der Waals surface area contributed by atoms with Gasteiger partial charge < -0.3 is 5.73 Å². The van der Waals surface area contributed by atoms with Crippen molar-refractivity contribution >= 4 is 46.1 Å². The van der Waals surface area contributed by atoms with E-state index < -0.39 is 5.54 Å². The van der Waals surface area contributed by atoms with Crippen LogP contribution in [0.4, 0.5) is 0 Å². The Balaban J connectivity index is 2.06. The van der Waals surface area contributed by atoms with Crippen LogP contribution in [0.5, 0.6) is 0 Å². The molecule has 0 saturated carbocycles. The maximum absolute atomic E-state index is 12.2. The molecule has 1 atom stereocenters. The fraction of sp³-hybridized carbons (Fsp3) is 0.235. The second-order valence-electron chi connectivity index (χ2n) is 5.96. The van der Waals surface area contributed by atoms with E-state index in [1.165, 1.54) is 4.90 Å². The molecule has 3 rings (SSSR count). The molecular formula is C17H16ClIN4O. The van der Waals surface area contributed by atoms with Crippen LogP contribution in [0, 0.1) is 3.57 Å². The number of halogens is 2. The highest BCUT2D eigenvalue weighted by atomic mass is 127. The molecule has 1 aliphatic heterocycles. The number of pyridine rings is 1. The van der Waals surface area contributed by atoms with Crippen molar-refractivity contribution in [1.29, 1.82) is 0 Å². The Kier molecular flexibility index (Phi) is 4.52. The van der Waals surface area contributed by atoms with Crippen molar-refractivity contribution in [1.82, 2.24) is 9.88 Å². The molecule has 1 amide bonds. The number of nitrogens with two attached hydrogens (primary N) is 1. The third-order valence-corrected chi connectivity index (χ3v) is 4.92. The van der Waals surface area contributed by atoms with Crippen molar-refractivity contribution in [2.45, 2.75) is 18.9 Å². The maximum atomic E-state index is 12.2. The third-order valence-electron chi connectivity index (χ3n) is 4.08. The fourth-order valence-corrected chi connectivity index (χ4v) is 3.77. The van der Waals surface area contributed by atoms with Crippen LogP contribution in [0.15, 0.2) is 41.5 Å². The van der Waals surface area contributed by atoms with E-state index in [9.17, 15) is 4.79 Å². The van der Waals surface area contributed by atoms with E-state index in [1.807, 2.05) is 37.3 Å². The minimum Gasteiger partial charge on any atom is -0.369 e. The first-order chi connectivity index (χ1) is 11.3. The zero-order valence-electron chi connectivity index (χ0n) is 13.3. The van der Waals surface area contributed by atoms with E-state index in [0.717, 1.165) is 14.7 Å². The maximum Gasteiger partial charge on any atom is 0.231 e. The summed E-state index contributed by atoms with van der Waals surface area (Å²) in [6, 6.07) is 9.71. The van der Waals surface area contributed by atoms with Crippen molar-refractivity contribution in [2.75, 3.05) is 7.05 Å². The molecule has 0 unspecified atom stereocenters. The number of carbonyl (C=O) groups excluding carboxylic acids is 1. The molecule has 0 fully saturated rings.